The molecule has 0 spiro atoms. The van der Waals surface area contributed by atoms with Gasteiger partial charge in [-0.1, -0.05) is 12.1 Å². The lowest BCUT2D eigenvalue weighted by Crippen LogP contribution is -2.53. The minimum absolute atomic E-state index is 0.298. The summed E-state index contributed by atoms with van der Waals surface area (Å²) >= 11 is 0. The van der Waals surface area contributed by atoms with E-state index in [0.717, 1.165) is 25.4 Å². The molecule has 0 aromatic heterocycles. The highest BCUT2D eigenvalue weighted by atomic mass is 16.5. The molecule has 0 aliphatic carbocycles. The quantitative estimate of drug-likeness (QED) is 0.833. The third-order valence-electron chi connectivity index (χ3n) is 3.89. The molecule has 0 radical (unpaired) electrons. The number of piperazine rings is 1. The summed E-state index contributed by atoms with van der Waals surface area (Å²) in [5.41, 5.74) is 1.66. The number of nitrogens with zero attached hydrogens (tertiary/aromatic N) is 2. The van der Waals surface area contributed by atoms with Gasteiger partial charge in [-0.3, -0.25) is 9.80 Å². The third kappa shape index (κ3) is 3.95. The van der Waals surface area contributed by atoms with Gasteiger partial charge < -0.3 is 4.74 Å². The van der Waals surface area contributed by atoms with E-state index in [1.165, 1.54) is 18.7 Å². The molecular weight excluding hydrogens is 236 g/mol. The third-order valence-corrected chi connectivity index (χ3v) is 3.89. The monoisotopic (exact) mass is 262 g/mol. The van der Waals surface area contributed by atoms with Crippen molar-refractivity contribution in [3.8, 4) is 5.75 Å². The number of rotatable bonds is 3. The van der Waals surface area contributed by atoms with Crippen molar-refractivity contribution in [3.63, 3.8) is 0 Å². The van der Waals surface area contributed by atoms with Crippen molar-refractivity contribution in [3.05, 3.63) is 29.8 Å². The molecule has 0 saturated carbocycles. The van der Waals surface area contributed by atoms with Crippen molar-refractivity contribution in [1.82, 2.24) is 9.80 Å². The van der Waals surface area contributed by atoms with Crippen LogP contribution in [0.15, 0.2) is 24.3 Å². The van der Waals surface area contributed by atoms with Crippen LogP contribution < -0.4 is 4.74 Å². The fourth-order valence-corrected chi connectivity index (χ4v) is 2.57. The molecule has 1 aliphatic heterocycles. The molecule has 0 atom stereocenters. The highest BCUT2D eigenvalue weighted by Crippen LogP contribution is 2.18. The van der Waals surface area contributed by atoms with Gasteiger partial charge in [0.1, 0.15) is 5.75 Å². The van der Waals surface area contributed by atoms with Gasteiger partial charge in [-0.25, -0.2) is 0 Å². The van der Waals surface area contributed by atoms with Crippen molar-refractivity contribution in [2.45, 2.75) is 32.9 Å². The van der Waals surface area contributed by atoms with Crippen LogP contribution in [0.4, 0.5) is 0 Å². The number of ether oxygens (including phenoxy) is 1. The minimum atomic E-state index is 0.298. The minimum Gasteiger partial charge on any atom is -0.497 e. The van der Waals surface area contributed by atoms with Gasteiger partial charge >= 0.3 is 0 Å². The molecule has 1 saturated heterocycles. The van der Waals surface area contributed by atoms with E-state index >= 15 is 0 Å². The first kappa shape index (κ1) is 14.4. The van der Waals surface area contributed by atoms with Gasteiger partial charge in [-0.05, 0) is 38.5 Å². The predicted molar refractivity (Wildman–Crippen MR) is 79.6 cm³/mol. The van der Waals surface area contributed by atoms with Crippen LogP contribution in [0.3, 0.4) is 0 Å². The molecule has 2 rings (SSSR count). The molecule has 1 fully saturated rings. The summed E-state index contributed by atoms with van der Waals surface area (Å²) < 4.78 is 5.19. The van der Waals surface area contributed by atoms with Gasteiger partial charge in [0.25, 0.3) is 0 Å². The van der Waals surface area contributed by atoms with Crippen LogP contribution in [-0.4, -0.2) is 48.6 Å². The SMILES string of the molecule is COc1ccc(CN2CCN(C(C)(C)C)CC2)cc1. The lowest BCUT2D eigenvalue weighted by atomic mass is 10.0. The maximum absolute atomic E-state index is 5.19. The van der Waals surface area contributed by atoms with E-state index < -0.39 is 0 Å². The molecule has 0 amide bonds. The van der Waals surface area contributed by atoms with Crippen LogP contribution in [0.2, 0.25) is 0 Å². The van der Waals surface area contributed by atoms with Crippen molar-refractivity contribution in [1.29, 1.82) is 0 Å². The topological polar surface area (TPSA) is 15.7 Å². The van der Waals surface area contributed by atoms with E-state index in [1.807, 2.05) is 12.1 Å². The largest absolute Gasteiger partial charge is 0.497 e. The van der Waals surface area contributed by atoms with Crippen molar-refractivity contribution < 1.29 is 4.74 Å². The van der Waals surface area contributed by atoms with Crippen molar-refractivity contribution in [2.75, 3.05) is 33.3 Å². The van der Waals surface area contributed by atoms with E-state index in [0.29, 0.717) is 5.54 Å². The normalized spacial score (nSPS) is 18.5. The Morgan fingerprint density at radius 3 is 2.05 bits per heavy atom. The average Bonchev–Trinajstić information content (AvgIpc) is 2.39. The predicted octanol–water partition coefficient (Wildman–Crippen LogP) is 2.61. The number of hydrogen-bond donors (Lipinski definition) is 0. The van der Waals surface area contributed by atoms with E-state index in [2.05, 4.69) is 42.7 Å². The second-order valence-electron chi connectivity index (χ2n) is 6.28. The van der Waals surface area contributed by atoms with Gasteiger partial charge in [0.05, 0.1) is 7.11 Å². The zero-order chi connectivity index (χ0) is 13.9. The Morgan fingerprint density at radius 2 is 1.58 bits per heavy atom. The molecule has 0 N–H and O–H groups in total. The molecule has 1 heterocycles. The van der Waals surface area contributed by atoms with Gasteiger partial charge in [0, 0.05) is 38.3 Å². The Hall–Kier alpha value is -1.06. The summed E-state index contributed by atoms with van der Waals surface area (Å²) in [6.45, 7) is 12.6. The summed E-state index contributed by atoms with van der Waals surface area (Å²) in [5.74, 6) is 0.932. The van der Waals surface area contributed by atoms with Crippen LogP contribution in [-0.2, 0) is 6.54 Å². The molecule has 1 aromatic rings. The molecule has 0 bridgehead atoms. The molecular formula is C16H26N2O. The summed E-state index contributed by atoms with van der Waals surface area (Å²) in [6.07, 6.45) is 0. The number of benzene rings is 1. The highest BCUT2D eigenvalue weighted by molar-refractivity contribution is 5.27. The second-order valence-corrected chi connectivity index (χ2v) is 6.28. The Balaban J connectivity index is 1.85. The van der Waals surface area contributed by atoms with E-state index in [1.54, 1.807) is 7.11 Å². The molecule has 106 valence electrons. The summed E-state index contributed by atoms with van der Waals surface area (Å²) in [6, 6.07) is 8.41. The van der Waals surface area contributed by atoms with Crippen LogP contribution in [0.1, 0.15) is 26.3 Å². The maximum atomic E-state index is 5.19. The number of hydrogen-bond acceptors (Lipinski definition) is 3. The maximum Gasteiger partial charge on any atom is 0.118 e. The van der Waals surface area contributed by atoms with Crippen molar-refractivity contribution in [2.24, 2.45) is 0 Å². The van der Waals surface area contributed by atoms with Gasteiger partial charge in [-0.15, -0.1) is 0 Å². The summed E-state index contributed by atoms with van der Waals surface area (Å²) in [7, 11) is 1.71. The smallest absolute Gasteiger partial charge is 0.118 e. The Labute approximate surface area is 117 Å². The Kier molecular flexibility index (Phi) is 4.48. The lowest BCUT2D eigenvalue weighted by Gasteiger charge is -2.42. The zero-order valence-electron chi connectivity index (χ0n) is 12.6. The Bertz CT molecular complexity index is 386. The molecule has 3 heteroatoms. The molecule has 1 aliphatic rings. The van der Waals surface area contributed by atoms with E-state index in [4.69, 9.17) is 4.74 Å². The van der Waals surface area contributed by atoms with Gasteiger partial charge in [-0.2, -0.15) is 0 Å². The highest BCUT2D eigenvalue weighted by Gasteiger charge is 2.25. The fraction of sp³-hybridized carbons (Fsp3) is 0.625. The molecule has 1 aromatic carbocycles. The average molecular weight is 262 g/mol. The van der Waals surface area contributed by atoms with Gasteiger partial charge in [0.15, 0.2) is 0 Å². The van der Waals surface area contributed by atoms with Crippen molar-refractivity contribution >= 4 is 0 Å². The summed E-state index contributed by atoms with van der Waals surface area (Å²) in [4.78, 5) is 5.10. The van der Waals surface area contributed by atoms with Crippen LogP contribution in [0.25, 0.3) is 0 Å². The molecule has 3 nitrogen and oxygen atoms in total. The van der Waals surface area contributed by atoms with Crippen LogP contribution >= 0.6 is 0 Å². The summed E-state index contributed by atoms with van der Waals surface area (Å²) in [5, 5.41) is 0. The first-order chi connectivity index (χ1) is 8.99. The van der Waals surface area contributed by atoms with Crippen LogP contribution in [0.5, 0.6) is 5.75 Å². The molecule has 0 unspecified atom stereocenters. The standard InChI is InChI=1S/C16H26N2O/c1-16(2,3)18-11-9-17(10-12-18)13-14-5-7-15(19-4)8-6-14/h5-8H,9-13H2,1-4H3. The number of methoxy groups -OCH3 is 1. The first-order valence-corrected chi connectivity index (χ1v) is 7.09. The first-order valence-electron chi connectivity index (χ1n) is 7.09. The van der Waals surface area contributed by atoms with E-state index in [9.17, 15) is 0 Å². The van der Waals surface area contributed by atoms with Crippen LogP contribution in [0, 0.1) is 0 Å². The fourth-order valence-electron chi connectivity index (χ4n) is 2.57. The van der Waals surface area contributed by atoms with Gasteiger partial charge in [0.2, 0.25) is 0 Å². The van der Waals surface area contributed by atoms with E-state index in [-0.39, 0.29) is 0 Å². The zero-order valence-corrected chi connectivity index (χ0v) is 12.6. The second kappa shape index (κ2) is 5.93. The molecule has 19 heavy (non-hydrogen) atoms. The Morgan fingerprint density at radius 1 is 1.00 bits per heavy atom. The lowest BCUT2D eigenvalue weighted by molar-refractivity contribution is 0.0591.